The number of sulfonamides is 1. The Labute approximate surface area is 189 Å². The third-order valence-electron chi connectivity index (χ3n) is 6.05. The van der Waals surface area contributed by atoms with Gasteiger partial charge in [0.25, 0.3) is 5.91 Å². The lowest BCUT2D eigenvalue weighted by Gasteiger charge is -2.22. The number of rotatable bonds is 5. The van der Waals surface area contributed by atoms with Crippen molar-refractivity contribution >= 4 is 37.7 Å². The van der Waals surface area contributed by atoms with Gasteiger partial charge in [0.15, 0.2) is 0 Å². The van der Waals surface area contributed by atoms with Crippen LogP contribution in [-0.2, 0) is 22.9 Å². The lowest BCUT2D eigenvalue weighted by molar-refractivity contribution is 0.0952. The zero-order valence-corrected chi connectivity index (χ0v) is 18.5. The summed E-state index contributed by atoms with van der Waals surface area (Å²) in [5.74, 6) is -1.81. The molecule has 0 fully saturated rings. The van der Waals surface area contributed by atoms with E-state index in [-0.39, 0.29) is 12.1 Å². The van der Waals surface area contributed by atoms with E-state index in [9.17, 15) is 17.6 Å². The number of aryl methyl sites for hydroxylation is 1. The number of carbonyl (C=O) groups excluding carboxylic acids is 1. The molecule has 8 nitrogen and oxygen atoms in total. The number of hydrogen-bond donors (Lipinski definition) is 3. The van der Waals surface area contributed by atoms with Gasteiger partial charge >= 0.3 is 0 Å². The maximum absolute atomic E-state index is 14.9. The predicted molar refractivity (Wildman–Crippen MR) is 124 cm³/mol. The summed E-state index contributed by atoms with van der Waals surface area (Å²) in [6.45, 7) is -0.193. The van der Waals surface area contributed by atoms with E-state index >= 15 is 0 Å². The van der Waals surface area contributed by atoms with Crippen LogP contribution in [0.4, 0.5) is 4.39 Å². The first-order valence-electron chi connectivity index (χ1n) is 10.7. The molecule has 0 bridgehead atoms. The number of aromatic nitrogens is 3. The average Bonchev–Trinajstić information content (AvgIpc) is 3.26. The van der Waals surface area contributed by atoms with Crippen LogP contribution in [0.1, 0.15) is 34.3 Å². The highest BCUT2D eigenvalue weighted by Gasteiger charge is 2.22. The van der Waals surface area contributed by atoms with E-state index in [1.165, 1.54) is 17.7 Å². The van der Waals surface area contributed by atoms with Gasteiger partial charge in [-0.3, -0.25) is 9.89 Å². The maximum atomic E-state index is 14.9. The molecule has 0 saturated heterocycles. The lowest BCUT2D eigenvalue weighted by Crippen LogP contribution is -2.31. The maximum Gasteiger partial charge on any atom is 0.254 e. The molecular weight excluding hydrogens is 445 g/mol. The molecule has 170 valence electrons. The van der Waals surface area contributed by atoms with Crippen molar-refractivity contribution in [1.29, 1.82) is 0 Å². The molecule has 1 aliphatic rings. The summed E-state index contributed by atoms with van der Waals surface area (Å²) >= 11 is 0. The lowest BCUT2D eigenvalue weighted by atomic mass is 9.85. The Morgan fingerprint density at radius 2 is 1.94 bits per heavy atom. The quantitative estimate of drug-likeness (QED) is 0.415. The smallest absolute Gasteiger partial charge is 0.254 e. The van der Waals surface area contributed by atoms with Crippen LogP contribution in [0.15, 0.2) is 36.5 Å². The Morgan fingerprint density at radius 3 is 2.70 bits per heavy atom. The number of halogens is 1. The summed E-state index contributed by atoms with van der Waals surface area (Å²) in [5, 5.41) is 16.6. The minimum Gasteiger partial charge on any atom is -0.351 e. The first-order valence-corrected chi connectivity index (χ1v) is 12.4. The standard InChI is InChI=1S/C23H22FN5O3S/c24-18-11-13(5-6-16(18)23(30)26-9-10-33(25,31)32)22-15-4-2-1-3-14(15)21-17-12-27-29-19(17)7-8-20(21)28-22/h5-8,11-12H,1-4,9-10H2,(H,26,30)(H,27,29)(H2,25,31,32). The fraction of sp³-hybridized carbons (Fsp3) is 0.261. The average molecular weight is 468 g/mol. The van der Waals surface area contributed by atoms with Crippen LogP contribution in [0.25, 0.3) is 33.1 Å². The Hall–Kier alpha value is -3.37. The molecule has 0 atom stereocenters. The summed E-state index contributed by atoms with van der Waals surface area (Å²) in [5.41, 5.74) is 5.26. The van der Waals surface area contributed by atoms with E-state index < -0.39 is 27.5 Å². The van der Waals surface area contributed by atoms with Crippen molar-refractivity contribution in [2.75, 3.05) is 12.3 Å². The Balaban J connectivity index is 1.55. The normalized spacial score (nSPS) is 13.9. The topological polar surface area (TPSA) is 131 Å². The van der Waals surface area contributed by atoms with Crippen molar-refractivity contribution < 1.29 is 17.6 Å². The number of pyridine rings is 1. The molecule has 2 aromatic carbocycles. The highest BCUT2D eigenvalue weighted by atomic mass is 32.2. The molecule has 0 aliphatic heterocycles. The van der Waals surface area contributed by atoms with Crippen molar-refractivity contribution in [2.45, 2.75) is 25.7 Å². The van der Waals surface area contributed by atoms with E-state index in [4.69, 9.17) is 10.1 Å². The highest BCUT2D eigenvalue weighted by molar-refractivity contribution is 7.89. The highest BCUT2D eigenvalue weighted by Crippen LogP contribution is 2.38. The van der Waals surface area contributed by atoms with Gasteiger partial charge in [-0.1, -0.05) is 6.07 Å². The molecular formula is C23H22FN5O3S. The summed E-state index contributed by atoms with van der Waals surface area (Å²) < 4.78 is 37.0. The Bertz CT molecular complexity index is 1510. The van der Waals surface area contributed by atoms with Crippen LogP contribution in [0.2, 0.25) is 0 Å². The van der Waals surface area contributed by atoms with Gasteiger partial charge in [-0.25, -0.2) is 22.9 Å². The second kappa shape index (κ2) is 8.20. The van der Waals surface area contributed by atoms with Gasteiger partial charge in [-0.2, -0.15) is 5.10 Å². The molecule has 1 amide bonds. The summed E-state index contributed by atoms with van der Waals surface area (Å²) in [6, 6.07) is 8.27. The predicted octanol–water partition coefficient (Wildman–Crippen LogP) is 2.81. The molecule has 1 aliphatic carbocycles. The van der Waals surface area contributed by atoms with Crippen LogP contribution >= 0.6 is 0 Å². The molecule has 10 heteroatoms. The molecule has 0 unspecified atom stereocenters. The summed E-state index contributed by atoms with van der Waals surface area (Å²) in [7, 11) is -3.71. The number of H-pyrrole nitrogens is 1. The molecule has 2 heterocycles. The van der Waals surface area contributed by atoms with Gasteiger partial charge < -0.3 is 5.32 Å². The van der Waals surface area contributed by atoms with Gasteiger partial charge in [0.05, 0.1) is 34.2 Å². The van der Waals surface area contributed by atoms with Crippen molar-refractivity contribution in [2.24, 2.45) is 5.14 Å². The first-order chi connectivity index (χ1) is 15.8. The minimum absolute atomic E-state index is 0.164. The molecule has 33 heavy (non-hydrogen) atoms. The fourth-order valence-electron chi connectivity index (χ4n) is 4.53. The number of primary sulfonamides is 1. The molecule has 4 aromatic rings. The third-order valence-corrected chi connectivity index (χ3v) is 6.82. The Kier molecular flexibility index (Phi) is 5.34. The largest absolute Gasteiger partial charge is 0.351 e. The number of carbonyl (C=O) groups is 1. The monoisotopic (exact) mass is 467 g/mol. The number of fused-ring (bicyclic) bond motifs is 5. The summed E-state index contributed by atoms with van der Waals surface area (Å²) in [4.78, 5) is 17.2. The SMILES string of the molecule is NS(=O)(=O)CCNC(=O)c1ccc(-c2nc3ccc4[nH]ncc4c3c3c2CCCC3)cc1F. The zero-order chi connectivity index (χ0) is 23.2. The Morgan fingerprint density at radius 1 is 1.15 bits per heavy atom. The van der Waals surface area contributed by atoms with Gasteiger partial charge in [0.2, 0.25) is 10.0 Å². The van der Waals surface area contributed by atoms with E-state index in [1.807, 2.05) is 18.3 Å². The van der Waals surface area contributed by atoms with Crippen molar-refractivity contribution in [3.05, 3.63) is 59.0 Å². The van der Waals surface area contributed by atoms with E-state index in [0.717, 1.165) is 58.7 Å². The van der Waals surface area contributed by atoms with Gasteiger partial charge in [-0.15, -0.1) is 0 Å². The van der Waals surface area contributed by atoms with Crippen molar-refractivity contribution in [3.63, 3.8) is 0 Å². The van der Waals surface area contributed by atoms with Gasteiger partial charge in [0.1, 0.15) is 5.82 Å². The zero-order valence-electron chi connectivity index (χ0n) is 17.7. The molecule has 5 rings (SSSR count). The number of amides is 1. The van der Waals surface area contributed by atoms with Crippen LogP contribution in [0.5, 0.6) is 0 Å². The second-order valence-electron chi connectivity index (χ2n) is 8.23. The van der Waals surface area contributed by atoms with Crippen LogP contribution in [-0.4, -0.2) is 41.8 Å². The molecule has 0 spiro atoms. The van der Waals surface area contributed by atoms with E-state index in [0.29, 0.717) is 5.56 Å². The van der Waals surface area contributed by atoms with Crippen LogP contribution in [0.3, 0.4) is 0 Å². The third kappa shape index (κ3) is 4.07. The van der Waals surface area contributed by atoms with E-state index in [2.05, 4.69) is 15.5 Å². The number of nitrogens with two attached hydrogens (primary N) is 1. The first kappa shape index (κ1) is 21.5. The van der Waals surface area contributed by atoms with Crippen LogP contribution in [0, 0.1) is 5.82 Å². The summed E-state index contributed by atoms with van der Waals surface area (Å²) in [6.07, 6.45) is 5.68. The number of nitrogens with one attached hydrogen (secondary N) is 2. The molecule has 2 aromatic heterocycles. The number of aromatic amines is 1. The van der Waals surface area contributed by atoms with Crippen molar-refractivity contribution in [3.8, 4) is 11.3 Å². The molecule has 4 N–H and O–H groups in total. The number of nitrogens with zero attached hydrogens (tertiary/aromatic N) is 2. The van der Waals surface area contributed by atoms with Crippen LogP contribution < -0.4 is 10.5 Å². The number of hydrogen-bond acceptors (Lipinski definition) is 5. The van der Waals surface area contributed by atoms with Crippen molar-refractivity contribution in [1.82, 2.24) is 20.5 Å². The van der Waals surface area contributed by atoms with E-state index in [1.54, 1.807) is 6.07 Å². The molecule has 0 saturated carbocycles. The second-order valence-corrected chi connectivity index (χ2v) is 9.97. The fourth-order valence-corrected chi connectivity index (χ4v) is 4.92. The minimum atomic E-state index is -3.71. The number of benzene rings is 2. The van der Waals surface area contributed by atoms with Gasteiger partial charge in [0, 0.05) is 22.9 Å². The molecule has 0 radical (unpaired) electrons. The van der Waals surface area contributed by atoms with Gasteiger partial charge in [-0.05, 0) is 61.1 Å².